The molecule has 2 aromatic carbocycles. The number of esters is 1. The molecule has 0 aliphatic carbocycles. The minimum absolute atomic E-state index is 0.0999. The lowest BCUT2D eigenvalue weighted by molar-refractivity contribution is 0.0515. The molecule has 0 unspecified atom stereocenters. The van der Waals surface area contributed by atoms with Crippen molar-refractivity contribution in [2.24, 2.45) is 0 Å². The molecule has 0 bridgehead atoms. The zero-order valence-corrected chi connectivity index (χ0v) is 19.9. The van der Waals surface area contributed by atoms with Crippen LogP contribution in [-0.2, 0) is 11.3 Å². The van der Waals surface area contributed by atoms with Crippen molar-refractivity contribution in [3.8, 4) is 17.1 Å². The number of ether oxygens (including phenoxy) is 2. The van der Waals surface area contributed by atoms with Gasteiger partial charge in [0.2, 0.25) is 5.69 Å². The lowest BCUT2D eigenvalue weighted by Gasteiger charge is -2.07. The summed E-state index contributed by atoms with van der Waals surface area (Å²) >= 11 is 13.3. The highest BCUT2D eigenvalue weighted by molar-refractivity contribution is 7.99. The predicted molar refractivity (Wildman–Crippen MR) is 124 cm³/mol. The van der Waals surface area contributed by atoms with Crippen LogP contribution in [0.15, 0.2) is 52.6 Å². The normalized spacial score (nSPS) is 10.9. The molecule has 33 heavy (non-hydrogen) atoms. The van der Waals surface area contributed by atoms with Gasteiger partial charge in [-0.3, -0.25) is 0 Å². The Kier molecular flexibility index (Phi) is 7.17. The summed E-state index contributed by atoms with van der Waals surface area (Å²) in [6, 6.07) is 12.7. The molecule has 2 heterocycles. The van der Waals surface area contributed by atoms with Gasteiger partial charge in [0.05, 0.1) is 30.3 Å². The van der Waals surface area contributed by atoms with Crippen LogP contribution in [-0.4, -0.2) is 49.9 Å². The number of hydrogen-bond donors (Lipinski definition) is 1. The first-order chi connectivity index (χ1) is 16.0. The fraction of sp³-hybridized carbons (Fsp3) is 0.190. The highest BCUT2D eigenvalue weighted by atomic mass is 35.5. The molecule has 0 fully saturated rings. The number of aromatic nitrogens is 6. The van der Waals surface area contributed by atoms with Gasteiger partial charge in [-0.05, 0) is 54.6 Å². The van der Waals surface area contributed by atoms with Crippen LogP contribution >= 0.6 is 35.0 Å². The summed E-state index contributed by atoms with van der Waals surface area (Å²) in [7, 11) is 1.61. The number of rotatable bonds is 8. The molecule has 0 saturated heterocycles. The zero-order chi connectivity index (χ0) is 23.4. The molecule has 0 radical (unpaired) electrons. The Hall–Kier alpha value is -3.08. The van der Waals surface area contributed by atoms with Gasteiger partial charge in [0.25, 0.3) is 0 Å². The molecular weight excluding hydrogens is 487 g/mol. The molecule has 2 aromatic heterocycles. The molecule has 0 saturated carbocycles. The van der Waals surface area contributed by atoms with Gasteiger partial charge in [-0.25, -0.2) is 9.48 Å². The number of H-pyrrole nitrogens is 1. The number of nitrogens with one attached hydrogen (secondary N) is 1. The van der Waals surface area contributed by atoms with E-state index in [9.17, 15) is 4.79 Å². The summed E-state index contributed by atoms with van der Waals surface area (Å²) in [6.07, 6.45) is 0. The van der Waals surface area contributed by atoms with Gasteiger partial charge in [-0.2, -0.15) is 0 Å². The smallest absolute Gasteiger partial charge is 0.361 e. The number of hydrogen-bond acceptors (Lipinski definition) is 8. The van der Waals surface area contributed by atoms with Gasteiger partial charge in [-0.1, -0.05) is 40.5 Å². The monoisotopic (exact) mass is 504 g/mol. The second-order valence-corrected chi connectivity index (χ2v) is 8.47. The van der Waals surface area contributed by atoms with Crippen molar-refractivity contribution in [2.75, 3.05) is 13.7 Å². The SMILES string of the molecule is CCOC(=O)c1nnn(Cc2ccc(OC)cc2)c1Sc1nnc(-c2ccc(Cl)c(Cl)c2)[nH]1. The quantitative estimate of drug-likeness (QED) is 0.342. The maximum atomic E-state index is 12.5. The van der Waals surface area contributed by atoms with Crippen LogP contribution in [0.4, 0.5) is 0 Å². The van der Waals surface area contributed by atoms with Crippen LogP contribution in [0, 0.1) is 0 Å². The van der Waals surface area contributed by atoms with Crippen molar-refractivity contribution < 1.29 is 14.3 Å². The van der Waals surface area contributed by atoms with E-state index < -0.39 is 5.97 Å². The molecule has 0 aliphatic heterocycles. The van der Waals surface area contributed by atoms with E-state index >= 15 is 0 Å². The van der Waals surface area contributed by atoms with E-state index in [1.54, 1.807) is 36.9 Å². The Morgan fingerprint density at radius 2 is 1.88 bits per heavy atom. The second kappa shape index (κ2) is 10.2. The molecule has 4 aromatic rings. The summed E-state index contributed by atoms with van der Waals surface area (Å²) in [6.45, 7) is 2.33. The third kappa shape index (κ3) is 5.29. The molecular formula is C21H18Cl2N6O3S. The van der Waals surface area contributed by atoms with E-state index in [0.29, 0.717) is 32.6 Å². The number of carbonyl (C=O) groups is 1. The first-order valence-electron chi connectivity index (χ1n) is 9.78. The van der Waals surface area contributed by atoms with Crippen molar-refractivity contribution >= 4 is 40.9 Å². The molecule has 0 amide bonds. The highest BCUT2D eigenvalue weighted by Crippen LogP contribution is 2.31. The summed E-state index contributed by atoms with van der Waals surface area (Å²) in [5, 5.41) is 18.3. The highest BCUT2D eigenvalue weighted by Gasteiger charge is 2.23. The zero-order valence-electron chi connectivity index (χ0n) is 17.6. The van der Waals surface area contributed by atoms with E-state index in [-0.39, 0.29) is 12.3 Å². The topological polar surface area (TPSA) is 108 Å². The summed E-state index contributed by atoms with van der Waals surface area (Å²) in [4.78, 5) is 15.6. The number of nitrogens with zero attached hydrogens (tertiary/aromatic N) is 5. The summed E-state index contributed by atoms with van der Waals surface area (Å²) < 4.78 is 12.0. The van der Waals surface area contributed by atoms with Crippen molar-refractivity contribution in [1.82, 2.24) is 30.2 Å². The van der Waals surface area contributed by atoms with Crippen molar-refractivity contribution in [3.63, 3.8) is 0 Å². The fourth-order valence-electron chi connectivity index (χ4n) is 2.90. The van der Waals surface area contributed by atoms with E-state index in [4.69, 9.17) is 32.7 Å². The number of benzene rings is 2. The number of carbonyl (C=O) groups excluding carboxylic acids is 1. The molecule has 4 rings (SSSR count). The van der Waals surface area contributed by atoms with Crippen LogP contribution in [0.25, 0.3) is 11.4 Å². The largest absolute Gasteiger partial charge is 0.497 e. The van der Waals surface area contributed by atoms with Crippen LogP contribution in [0.5, 0.6) is 5.75 Å². The molecule has 12 heteroatoms. The first kappa shape index (κ1) is 23.1. The average Bonchev–Trinajstić information content (AvgIpc) is 3.44. The van der Waals surface area contributed by atoms with Gasteiger partial charge in [0, 0.05) is 5.56 Å². The number of halogens is 2. The summed E-state index contributed by atoms with van der Waals surface area (Å²) in [5.41, 5.74) is 1.77. The van der Waals surface area contributed by atoms with Crippen LogP contribution in [0.2, 0.25) is 10.0 Å². The molecule has 0 spiro atoms. The maximum absolute atomic E-state index is 12.5. The van der Waals surface area contributed by atoms with Crippen LogP contribution < -0.4 is 4.74 Å². The lowest BCUT2D eigenvalue weighted by atomic mass is 10.2. The Morgan fingerprint density at radius 1 is 1.09 bits per heavy atom. The van der Waals surface area contributed by atoms with Crippen molar-refractivity contribution in [2.45, 2.75) is 23.7 Å². The van der Waals surface area contributed by atoms with E-state index in [2.05, 4.69) is 25.5 Å². The molecule has 170 valence electrons. The van der Waals surface area contributed by atoms with Crippen molar-refractivity contribution in [3.05, 3.63) is 63.8 Å². The average molecular weight is 505 g/mol. The third-order valence-electron chi connectivity index (χ3n) is 4.50. The molecule has 9 nitrogen and oxygen atoms in total. The van der Waals surface area contributed by atoms with E-state index in [0.717, 1.165) is 16.9 Å². The van der Waals surface area contributed by atoms with Gasteiger partial charge in [-0.15, -0.1) is 15.3 Å². The Balaban J connectivity index is 1.63. The lowest BCUT2D eigenvalue weighted by Crippen LogP contribution is -2.08. The summed E-state index contributed by atoms with van der Waals surface area (Å²) in [5.74, 6) is 0.684. The van der Waals surface area contributed by atoms with Gasteiger partial charge >= 0.3 is 5.97 Å². The van der Waals surface area contributed by atoms with Gasteiger partial charge < -0.3 is 14.5 Å². The van der Waals surface area contributed by atoms with Crippen LogP contribution in [0.1, 0.15) is 23.0 Å². The Morgan fingerprint density at radius 3 is 2.58 bits per heavy atom. The fourth-order valence-corrected chi connectivity index (χ4v) is 4.04. The van der Waals surface area contributed by atoms with Crippen molar-refractivity contribution in [1.29, 1.82) is 0 Å². The maximum Gasteiger partial charge on any atom is 0.361 e. The minimum Gasteiger partial charge on any atom is -0.497 e. The standard InChI is InChI=1S/C21H18Cl2N6O3S/c1-3-32-20(30)17-19(29(28-25-17)11-12-4-7-14(31-2)8-5-12)33-21-24-18(26-27-21)13-6-9-15(22)16(23)10-13/h4-10H,3,11H2,1-2H3,(H,24,26,27). The minimum atomic E-state index is -0.565. The number of methoxy groups -OCH3 is 1. The Labute approximate surface area is 203 Å². The molecule has 0 atom stereocenters. The Bertz CT molecular complexity index is 1280. The molecule has 1 N–H and O–H groups in total. The number of aromatic amines is 1. The van der Waals surface area contributed by atoms with Gasteiger partial charge in [0.15, 0.2) is 11.0 Å². The second-order valence-electron chi connectivity index (χ2n) is 6.68. The van der Waals surface area contributed by atoms with Crippen LogP contribution in [0.3, 0.4) is 0 Å². The first-order valence-corrected chi connectivity index (χ1v) is 11.3. The van der Waals surface area contributed by atoms with Gasteiger partial charge in [0.1, 0.15) is 10.8 Å². The van der Waals surface area contributed by atoms with E-state index in [1.165, 1.54) is 11.8 Å². The third-order valence-corrected chi connectivity index (χ3v) is 6.22. The van der Waals surface area contributed by atoms with E-state index in [1.807, 2.05) is 24.3 Å². The molecule has 0 aliphatic rings. The predicted octanol–water partition coefficient (Wildman–Crippen LogP) is 4.75.